The van der Waals surface area contributed by atoms with Gasteiger partial charge in [0, 0.05) is 29.7 Å². The van der Waals surface area contributed by atoms with E-state index in [2.05, 4.69) is 51.5 Å². The number of hydrogen-bond donors (Lipinski definition) is 1. The first-order chi connectivity index (χ1) is 10.6. The lowest BCUT2D eigenvalue weighted by Crippen LogP contribution is -2.16. The average molecular weight is 310 g/mol. The summed E-state index contributed by atoms with van der Waals surface area (Å²) in [6.07, 6.45) is 5.33. The molecule has 0 atom stereocenters. The van der Waals surface area contributed by atoms with E-state index in [1.54, 1.807) is 12.4 Å². The lowest BCUT2D eigenvalue weighted by Gasteiger charge is -2.27. The Kier molecular flexibility index (Phi) is 4.60. The van der Waals surface area contributed by atoms with E-state index in [0.29, 0.717) is 5.75 Å². The van der Waals surface area contributed by atoms with Crippen LogP contribution < -0.4 is 0 Å². The second-order valence-electron chi connectivity index (χ2n) is 7.93. The fraction of sp³-hybridized carbons (Fsp3) is 0.400. The lowest BCUT2D eigenvalue weighted by atomic mass is 9.79. The molecular formula is C20H26N2O. The van der Waals surface area contributed by atoms with E-state index in [-0.39, 0.29) is 10.8 Å². The van der Waals surface area contributed by atoms with E-state index >= 15 is 0 Å². The molecule has 1 aromatic heterocycles. The Balaban J connectivity index is 2.54. The molecule has 122 valence electrons. The summed E-state index contributed by atoms with van der Waals surface area (Å²) < 4.78 is 0. The molecular weight excluding hydrogens is 284 g/mol. The maximum atomic E-state index is 10.7. The average Bonchev–Trinajstić information content (AvgIpc) is 2.44. The van der Waals surface area contributed by atoms with Crippen LogP contribution in [0, 0.1) is 0 Å². The highest BCUT2D eigenvalue weighted by Crippen LogP contribution is 2.41. The van der Waals surface area contributed by atoms with Gasteiger partial charge in [0.1, 0.15) is 5.75 Å². The lowest BCUT2D eigenvalue weighted by molar-refractivity contribution is 0.423. The smallest absolute Gasteiger partial charge is 0.123 e. The van der Waals surface area contributed by atoms with Crippen molar-refractivity contribution in [1.29, 1.82) is 0 Å². The Morgan fingerprint density at radius 3 is 1.83 bits per heavy atom. The minimum Gasteiger partial charge on any atom is -0.507 e. The standard InChI is InChI=1S/C20H26N2O/c1-19(2,3)16-11-15(12-17(18(16)23)20(4,5)6)22-13-14-7-9-21-10-8-14/h7-13,23H,1-6H3. The van der Waals surface area contributed by atoms with Crippen molar-refractivity contribution in [3.63, 3.8) is 0 Å². The Hall–Kier alpha value is -2.16. The number of phenols is 1. The zero-order valence-corrected chi connectivity index (χ0v) is 14.9. The number of benzene rings is 1. The zero-order chi connectivity index (χ0) is 17.3. The van der Waals surface area contributed by atoms with Crippen molar-refractivity contribution >= 4 is 11.9 Å². The molecule has 0 amide bonds. The van der Waals surface area contributed by atoms with Gasteiger partial charge in [-0.1, -0.05) is 41.5 Å². The van der Waals surface area contributed by atoms with E-state index in [0.717, 1.165) is 22.4 Å². The van der Waals surface area contributed by atoms with Gasteiger partial charge in [0.25, 0.3) is 0 Å². The van der Waals surface area contributed by atoms with Crippen LogP contribution in [0.2, 0.25) is 0 Å². The number of aliphatic imine (C=N–C) groups is 1. The Labute approximate surface area is 139 Å². The van der Waals surface area contributed by atoms with Crippen molar-refractivity contribution in [2.24, 2.45) is 4.99 Å². The topological polar surface area (TPSA) is 45.5 Å². The van der Waals surface area contributed by atoms with Gasteiger partial charge in [-0.05, 0) is 40.7 Å². The third-order valence-electron chi connectivity index (χ3n) is 3.78. The Morgan fingerprint density at radius 1 is 0.913 bits per heavy atom. The number of aromatic hydroxyl groups is 1. The molecule has 23 heavy (non-hydrogen) atoms. The number of hydrogen-bond acceptors (Lipinski definition) is 3. The minimum absolute atomic E-state index is 0.147. The maximum absolute atomic E-state index is 10.7. The molecule has 2 rings (SSSR count). The molecule has 0 saturated carbocycles. The molecule has 0 aliphatic carbocycles. The van der Waals surface area contributed by atoms with E-state index in [1.165, 1.54) is 0 Å². The summed E-state index contributed by atoms with van der Waals surface area (Å²) in [4.78, 5) is 8.61. The van der Waals surface area contributed by atoms with Crippen LogP contribution in [0.5, 0.6) is 5.75 Å². The molecule has 0 spiro atoms. The summed E-state index contributed by atoms with van der Waals surface area (Å²) in [5.41, 5.74) is 3.41. The van der Waals surface area contributed by atoms with Crippen LogP contribution in [0.1, 0.15) is 58.2 Å². The van der Waals surface area contributed by atoms with Crippen LogP contribution in [0.4, 0.5) is 5.69 Å². The van der Waals surface area contributed by atoms with Crippen LogP contribution in [0.3, 0.4) is 0 Å². The predicted octanol–water partition coefficient (Wildman–Crippen LogP) is 5.13. The summed E-state index contributed by atoms with van der Waals surface area (Å²) in [6.45, 7) is 12.6. The second kappa shape index (κ2) is 6.15. The zero-order valence-electron chi connectivity index (χ0n) is 14.9. The largest absolute Gasteiger partial charge is 0.507 e. The quantitative estimate of drug-likeness (QED) is 0.781. The van der Waals surface area contributed by atoms with Gasteiger partial charge < -0.3 is 5.11 Å². The number of aromatic nitrogens is 1. The molecule has 3 nitrogen and oxygen atoms in total. The minimum atomic E-state index is -0.147. The van der Waals surface area contributed by atoms with E-state index in [9.17, 15) is 5.11 Å². The summed E-state index contributed by atoms with van der Waals surface area (Å²) in [6, 6.07) is 7.78. The van der Waals surface area contributed by atoms with Crippen LogP contribution in [0.15, 0.2) is 41.7 Å². The molecule has 1 N–H and O–H groups in total. The monoisotopic (exact) mass is 310 g/mol. The van der Waals surface area contributed by atoms with Crippen molar-refractivity contribution in [2.45, 2.75) is 52.4 Å². The molecule has 0 unspecified atom stereocenters. The molecule has 0 saturated heterocycles. The first-order valence-corrected chi connectivity index (χ1v) is 7.91. The van der Waals surface area contributed by atoms with E-state index in [1.807, 2.05) is 30.5 Å². The van der Waals surface area contributed by atoms with E-state index < -0.39 is 0 Å². The predicted molar refractivity (Wildman–Crippen MR) is 97.0 cm³/mol. The van der Waals surface area contributed by atoms with Gasteiger partial charge in [0.05, 0.1) is 5.69 Å². The van der Waals surface area contributed by atoms with Gasteiger partial charge in [0.15, 0.2) is 0 Å². The van der Waals surface area contributed by atoms with Crippen molar-refractivity contribution in [2.75, 3.05) is 0 Å². The van der Waals surface area contributed by atoms with Gasteiger partial charge in [0.2, 0.25) is 0 Å². The number of pyridine rings is 1. The highest BCUT2D eigenvalue weighted by molar-refractivity contribution is 5.82. The van der Waals surface area contributed by atoms with Crippen molar-refractivity contribution in [3.8, 4) is 5.75 Å². The van der Waals surface area contributed by atoms with Crippen LogP contribution in [0.25, 0.3) is 0 Å². The van der Waals surface area contributed by atoms with Crippen LogP contribution in [-0.4, -0.2) is 16.3 Å². The molecule has 0 aliphatic heterocycles. The fourth-order valence-corrected chi connectivity index (χ4v) is 2.44. The molecule has 0 radical (unpaired) electrons. The molecule has 1 heterocycles. The van der Waals surface area contributed by atoms with Gasteiger partial charge in [-0.3, -0.25) is 9.98 Å². The van der Waals surface area contributed by atoms with Gasteiger partial charge in [-0.25, -0.2) is 0 Å². The van der Waals surface area contributed by atoms with Gasteiger partial charge in [-0.2, -0.15) is 0 Å². The summed E-state index contributed by atoms with van der Waals surface area (Å²) in [5.74, 6) is 0.382. The fourth-order valence-electron chi connectivity index (χ4n) is 2.44. The van der Waals surface area contributed by atoms with Crippen molar-refractivity contribution in [3.05, 3.63) is 53.3 Å². The molecule has 3 heteroatoms. The van der Waals surface area contributed by atoms with Gasteiger partial charge >= 0.3 is 0 Å². The van der Waals surface area contributed by atoms with E-state index in [4.69, 9.17) is 0 Å². The highest BCUT2D eigenvalue weighted by Gasteiger charge is 2.26. The third-order valence-corrected chi connectivity index (χ3v) is 3.78. The van der Waals surface area contributed by atoms with Gasteiger partial charge in [-0.15, -0.1) is 0 Å². The molecule has 0 bridgehead atoms. The Morgan fingerprint density at radius 2 is 1.39 bits per heavy atom. The first kappa shape index (κ1) is 17.2. The number of nitrogens with zero attached hydrogens (tertiary/aromatic N) is 2. The Bertz CT molecular complexity index is 670. The molecule has 0 aliphatic rings. The third kappa shape index (κ3) is 4.19. The maximum Gasteiger partial charge on any atom is 0.123 e. The number of phenolic OH excluding ortho intramolecular Hbond substituents is 1. The van der Waals surface area contributed by atoms with Crippen LogP contribution >= 0.6 is 0 Å². The summed E-state index contributed by atoms with van der Waals surface area (Å²) >= 11 is 0. The van der Waals surface area contributed by atoms with Crippen molar-refractivity contribution in [1.82, 2.24) is 4.98 Å². The van der Waals surface area contributed by atoms with Crippen molar-refractivity contribution < 1.29 is 5.11 Å². The summed E-state index contributed by atoms with van der Waals surface area (Å²) in [7, 11) is 0. The molecule has 0 fully saturated rings. The van der Waals surface area contributed by atoms with Crippen LogP contribution in [-0.2, 0) is 10.8 Å². The summed E-state index contributed by atoms with van der Waals surface area (Å²) in [5, 5.41) is 10.7. The SMILES string of the molecule is CC(C)(C)c1cc(N=Cc2ccncc2)cc(C(C)(C)C)c1O. The molecule has 1 aromatic carbocycles. The second-order valence-corrected chi connectivity index (χ2v) is 7.93. The normalized spacial score (nSPS) is 12.8. The number of rotatable bonds is 2. The first-order valence-electron chi connectivity index (χ1n) is 7.91. The molecule has 2 aromatic rings. The highest BCUT2D eigenvalue weighted by atomic mass is 16.3.